The number of imidazole rings is 1. The monoisotopic (exact) mass is 252 g/mol. The van der Waals surface area contributed by atoms with Gasteiger partial charge in [0.05, 0.1) is 12.0 Å². The summed E-state index contributed by atoms with van der Waals surface area (Å²) in [7, 11) is 0. The van der Waals surface area contributed by atoms with Gasteiger partial charge in [-0.25, -0.2) is 4.98 Å². The highest BCUT2D eigenvalue weighted by molar-refractivity contribution is 5.16. The molecule has 4 heteroatoms. The Labute approximate surface area is 109 Å². The average Bonchev–Trinajstić information content (AvgIpc) is 2.80. The molecule has 1 aromatic heterocycles. The van der Waals surface area contributed by atoms with Crippen LogP contribution >= 0.6 is 0 Å². The fourth-order valence-corrected chi connectivity index (χ4v) is 2.55. The Hall–Kier alpha value is -0.870. The topological polar surface area (TPSA) is 36.3 Å². The molecule has 0 N–H and O–H groups in total. The summed E-state index contributed by atoms with van der Waals surface area (Å²) in [6.07, 6.45) is 7.67. The molecule has 0 amide bonds. The van der Waals surface area contributed by atoms with Crippen LogP contribution in [0.3, 0.4) is 0 Å². The Bertz CT molecular complexity index is 357. The van der Waals surface area contributed by atoms with Gasteiger partial charge in [-0.15, -0.1) is 0 Å². The van der Waals surface area contributed by atoms with Crippen molar-refractivity contribution in [3.8, 4) is 0 Å². The smallest absolute Gasteiger partial charge is 0.159 e. The van der Waals surface area contributed by atoms with Crippen LogP contribution in [-0.4, -0.2) is 29.1 Å². The van der Waals surface area contributed by atoms with E-state index in [4.69, 9.17) is 9.47 Å². The van der Waals surface area contributed by atoms with E-state index < -0.39 is 0 Å². The lowest BCUT2D eigenvalue weighted by Crippen LogP contribution is -2.20. The average molecular weight is 252 g/mol. The van der Waals surface area contributed by atoms with E-state index in [0.29, 0.717) is 13.2 Å². The molecule has 2 rings (SSSR count). The zero-order valence-electron chi connectivity index (χ0n) is 11.5. The highest BCUT2D eigenvalue weighted by atomic mass is 16.7. The van der Waals surface area contributed by atoms with E-state index in [1.54, 1.807) is 0 Å². The summed E-state index contributed by atoms with van der Waals surface area (Å²) >= 11 is 0. The molecule has 4 nitrogen and oxygen atoms in total. The van der Waals surface area contributed by atoms with E-state index in [0.717, 1.165) is 19.4 Å². The summed E-state index contributed by atoms with van der Waals surface area (Å²) in [5, 5.41) is 0. The molecule has 102 valence electrons. The summed E-state index contributed by atoms with van der Waals surface area (Å²) in [5.41, 5.74) is 2.72. The zero-order valence-corrected chi connectivity index (χ0v) is 11.5. The standard InChI is InChI=1S/C14H24N2O2/c1-3-17-14(18-4-2)9-10-16-11-15-12-7-5-6-8-13(12)16/h11,14H,3-10H2,1-2H3. The Morgan fingerprint density at radius 3 is 2.67 bits per heavy atom. The number of ether oxygens (including phenoxy) is 2. The van der Waals surface area contributed by atoms with E-state index in [2.05, 4.69) is 9.55 Å². The highest BCUT2D eigenvalue weighted by Crippen LogP contribution is 2.20. The van der Waals surface area contributed by atoms with Gasteiger partial charge < -0.3 is 14.0 Å². The first-order chi connectivity index (χ1) is 8.85. The van der Waals surface area contributed by atoms with Gasteiger partial charge in [-0.3, -0.25) is 0 Å². The fraction of sp³-hybridized carbons (Fsp3) is 0.786. The maximum atomic E-state index is 5.57. The van der Waals surface area contributed by atoms with Crippen LogP contribution in [0.2, 0.25) is 0 Å². The van der Waals surface area contributed by atoms with Crippen molar-refractivity contribution in [1.29, 1.82) is 0 Å². The van der Waals surface area contributed by atoms with Gasteiger partial charge in [0.1, 0.15) is 0 Å². The Morgan fingerprint density at radius 2 is 1.94 bits per heavy atom. The summed E-state index contributed by atoms with van der Waals surface area (Å²) in [6.45, 7) is 6.35. The Kier molecular flexibility index (Phi) is 5.20. The summed E-state index contributed by atoms with van der Waals surface area (Å²) in [5.74, 6) is 0. The predicted octanol–water partition coefficient (Wildman–Crippen LogP) is 2.55. The number of hydrogen-bond acceptors (Lipinski definition) is 3. The zero-order chi connectivity index (χ0) is 12.8. The summed E-state index contributed by atoms with van der Waals surface area (Å²) in [4.78, 5) is 4.51. The molecule has 18 heavy (non-hydrogen) atoms. The molecule has 0 bridgehead atoms. The molecule has 0 saturated carbocycles. The van der Waals surface area contributed by atoms with Crippen molar-refractivity contribution in [2.45, 2.75) is 58.8 Å². The van der Waals surface area contributed by atoms with Gasteiger partial charge in [-0.2, -0.15) is 0 Å². The lowest BCUT2D eigenvalue weighted by atomic mass is 10.0. The van der Waals surface area contributed by atoms with Crippen molar-refractivity contribution < 1.29 is 9.47 Å². The van der Waals surface area contributed by atoms with Crippen molar-refractivity contribution >= 4 is 0 Å². The minimum atomic E-state index is -0.0818. The number of aromatic nitrogens is 2. The third-order valence-electron chi connectivity index (χ3n) is 3.42. The summed E-state index contributed by atoms with van der Waals surface area (Å²) < 4.78 is 13.4. The second-order valence-corrected chi connectivity index (χ2v) is 4.67. The SMILES string of the molecule is CCOC(CCn1cnc2c1CCCC2)OCC. The molecule has 1 aliphatic carbocycles. The van der Waals surface area contributed by atoms with Crippen LogP contribution in [0.4, 0.5) is 0 Å². The second kappa shape index (κ2) is 6.90. The summed E-state index contributed by atoms with van der Waals surface area (Å²) in [6, 6.07) is 0. The first-order valence-corrected chi connectivity index (χ1v) is 7.11. The molecule has 0 unspecified atom stereocenters. The molecule has 1 aliphatic rings. The van der Waals surface area contributed by atoms with Gasteiger partial charge in [-0.1, -0.05) is 0 Å². The van der Waals surface area contributed by atoms with E-state index in [9.17, 15) is 0 Å². The number of rotatable bonds is 7. The van der Waals surface area contributed by atoms with Gasteiger partial charge in [0.2, 0.25) is 0 Å². The van der Waals surface area contributed by atoms with E-state index in [1.165, 1.54) is 30.7 Å². The van der Waals surface area contributed by atoms with E-state index >= 15 is 0 Å². The first kappa shape index (κ1) is 13.6. The quantitative estimate of drug-likeness (QED) is 0.700. The molecule has 0 atom stereocenters. The fourth-order valence-electron chi connectivity index (χ4n) is 2.55. The van der Waals surface area contributed by atoms with Crippen LogP contribution in [0.5, 0.6) is 0 Å². The molecule has 0 aromatic carbocycles. The van der Waals surface area contributed by atoms with Crippen LogP contribution in [0.15, 0.2) is 6.33 Å². The minimum absolute atomic E-state index is 0.0818. The van der Waals surface area contributed by atoms with Crippen LogP contribution < -0.4 is 0 Å². The van der Waals surface area contributed by atoms with Crippen LogP contribution in [0, 0.1) is 0 Å². The molecule has 0 fully saturated rings. The van der Waals surface area contributed by atoms with Crippen LogP contribution in [0.1, 0.15) is 44.5 Å². The number of hydrogen-bond donors (Lipinski definition) is 0. The lowest BCUT2D eigenvalue weighted by Gasteiger charge is -2.19. The van der Waals surface area contributed by atoms with Gasteiger partial charge in [-0.05, 0) is 39.5 Å². The van der Waals surface area contributed by atoms with Gasteiger partial charge >= 0.3 is 0 Å². The molecule has 0 saturated heterocycles. The second-order valence-electron chi connectivity index (χ2n) is 4.67. The Morgan fingerprint density at radius 1 is 1.22 bits per heavy atom. The number of aryl methyl sites for hydroxylation is 2. The molecule has 0 radical (unpaired) electrons. The number of fused-ring (bicyclic) bond motifs is 1. The van der Waals surface area contributed by atoms with Crippen LogP contribution in [0.25, 0.3) is 0 Å². The van der Waals surface area contributed by atoms with Crippen LogP contribution in [-0.2, 0) is 28.9 Å². The molecule has 0 spiro atoms. The highest BCUT2D eigenvalue weighted by Gasteiger charge is 2.16. The molecule has 1 heterocycles. The molecular formula is C14H24N2O2. The van der Waals surface area contributed by atoms with Crippen molar-refractivity contribution in [3.05, 3.63) is 17.7 Å². The third-order valence-corrected chi connectivity index (χ3v) is 3.42. The molecular weight excluding hydrogens is 228 g/mol. The van der Waals surface area contributed by atoms with Crippen molar-refractivity contribution in [1.82, 2.24) is 9.55 Å². The third kappa shape index (κ3) is 3.33. The van der Waals surface area contributed by atoms with E-state index in [1.807, 2.05) is 20.2 Å². The van der Waals surface area contributed by atoms with Crippen molar-refractivity contribution in [2.24, 2.45) is 0 Å². The lowest BCUT2D eigenvalue weighted by molar-refractivity contribution is -0.141. The van der Waals surface area contributed by atoms with Gasteiger partial charge in [0.15, 0.2) is 6.29 Å². The maximum absolute atomic E-state index is 5.57. The van der Waals surface area contributed by atoms with Gasteiger partial charge in [0, 0.05) is 31.9 Å². The predicted molar refractivity (Wildman–Crippen MR) is 70.5 cm³/mol. The number of nitrogens with zero attached hydrogens (tertiary/aromatic N) is 2. The van der Waals surface area contributed by atoms with Gasteiger partial charge in [0.25, 0.3) is 0 Å². The van der Waals surface area contributed by atoms with Crippen molar-refractivity contribution in [2.75, 3.05) is 13.2 Å². The molecule has 0 aliphatic heterocycles. The minimum Gasteiger partial charge on any atom is -0.353 e. The van der Waals surface area contributed by atoms with Crippen molar-refractivity contribution in [3.63, 3.8) is 0 Å². The largest absolute Gasteiger partial charge is 0.353 e. The van der Waals surface area contributed by atoms with E-state index in [-0.39, 0.29) is 6.29 Å². The molecule has 1 aromatic rings. The Balaban J connectivity index is 1.90. The maximum Gasteiger partial charge on any atom is 0.159 e. The normalized spacial score (nSPS) is 15.1. The first-order valence-electron chi connectivity index (χ1n) is 7.11.